The Morgan fingerprint density at radius 3 is 1.33 bits per heavy atom. The molecular formula is C38H24N4Zn. The molecule has 0 saturated carbocycles. The van der Waals surface area contributed by atoms with Crippen LogP contribution in [0.15, 0.2) is 121 Å². The molecule has 0 N–H and O–H groups in total. The van der Waals surface area contributed by atoms with Gasteiger partial charge in [0.15, 0.2) is 0 Å². The zero-order valence-corrected chi connectivity index (χ0v) is 26.3. The summed E-state index contributed by atoms with van der Waals surface area (Å²) in [4.78, 5) is 20.5. The second-order valence-corrected chi connectivity index (χ2v) is 10.3. The maximum atomic E-state index is 5.23. The average Bonchev–Trinajstić information content (AvgIpc) is 3.86. The molecular weight excluding hydrogens is 578 g/mol. The van der Waals surface area contributed by atoms with E-state index in [1.807, 2.05) is 60.7 Å². The first kappa shape index (κ1) is 26.8. The van der Waals surface area contributed by atoms with Crippen LogP contribution < -0.4 is 9.97 Å². The summed E-state index contributed by atoms with van der Waals surface area (Å²) in [6, 6.07) is 41.4. The van der Waals surface area contributed by atoms with Crippen LogP contribution in [0.5, 0.6) is 0 Å². The SMILES string of the molecule is C1=Cc2nc1cc1ccc([n-]1)c(-c1ccccc1)c1nc(c(-c3ccccc3)c3ccc([n-]3)c2-c2ccccc2)C=C1.[Zn+2]. The number of rotatable bonds is 3. The minimum Gasteiger partial charge on any atom is -0.657 e. The van der Waals surface area contributed by atoms with Gasteiger partial charge >= 0.3 is 19.5 Å². The van der Waals surface area contributed by atoms with Crippen molar-refractivity contribution in [2.24, 2.45) is 0 Å². The van der Waals surface area contributed by atoms with Gasteiger partial charge in [-0.15, -0.1) is 22.1 Å². The van der Waals surface area contributed by atoms with Crippen LogP contribution in [0.1, 0.15) is 22.8 Å². The van der Waals surface area contributed by atoms with Gasteiger partial charge < -0.3 is 9.97 Å². The Labute approximate surface area is 262 Å². The third-order valence-electron chi connectivity index (χ3n) is 7.62. The molecule has 6 aromatic rings. The molecule has 8 rings (SSSR count). The fourth-order valence-corrected chi connectivity index (χ4v) is 5.72. The van der Waals surface area contributed by atoms with Crippen LogP contribution >= 0.6 is 0 Å². The first-order valence-corrected chi connectivity index (χ1v) is 14.0. The quantitative estimate of drug-likeness (QED) is 0.190. The van der Waals surface area contributed by atoms with Crippen molar-refractivity contribution < 1.29 is 19.5 Å². The molecule has 3 aromatic carbocycles. The Morgan fingerprint density at radius 2 is 0.814 bits per heavy atom. The molecule has 3 aromatic heterocycles. The van der Waals surface area contributed by atoms with E-state index in [-0.39, 0.29) is 19.5 Å². The summed E-state index contributed by atoms with van der Waals surface area (Å²) >= 11 is 0. The van der Waals surface area contributed by atoms with Gasteiger partial charge in [0.2, 0.25) is 0 Å². The number of hydrogen-bond donors (Lipinski definition) is 0. The fourth-order valence-electron chi connectivity index (χ4n) is 5.72. The van der Waals surface area contributed by atoms with Gasteiger partial charge in [-0.05, 0) is 57.7 Å². The monoisotopic (exact) mass is 600 g/mol. The standard InChI is InChI=1S/C38H24N4.Zn/c1-4-10-25(11-5-1)36-30-18-16-28(39-30)24-29-17-19-31(40-29)37(26-12-6-2-7-13-26)33-21-23-35(42-33)38(27-14-8-3-9-15-27)34-22-20-32(36)41-34;/h1-24H;/q-2;+2. The summed E-state index contributed by atoms with van der Waals surface area (Å²) < 4.78 is 0. The Kier molecular flexibility index (Phi) is 7.02. The summed E-state index contributed by atoms with van der Waals surface area (Å²) in [6.45, 7) is 0. The zero-order chi connectivity index (χ0) is 27.9. The van der Waals surface area contributed by atoms with Crippen molar-refractivity contribution in [3.63, 3.8) is 0 Å². The van der Waals surface area contributed by atoms with Gasteiger partial charge in [-0.2, -0.15) is 0 Å². The Balaban J connectivity index is 0.00000300. The van der Waals surface area contributed by atoms with E-state index in [1.54, 1.807) is 0 Å². The molecule has 0 saturated heterocycles. The van der Waals surface area contributed by atoms with Crippen molar-refractivity contribution in [1.29, 1.82) is 0 Å². The van der Waals surface area contributed by atoms with Crippen molar-refractivity contribution in [3.05, 3.63) is 144 Å². The third-order valence-corrected chi connectivity index (χ3v) is 7.62. The van der Waals surface area contributed by atoms with E-state index in [1.165, 1.54) is 0 Å². The second-order valence-electron chi connectivity index (χ2n) is 10.3. The summed E-state index contributed by atoms with van der Waals surface area (Å²) in [5.74, 6) is 0. The molecule has 198 valence electrons. The molecule has 2 aliphatic heterocycles. The molecule has 5 heteroatoms. The number of nitrogens with zero attached hydrogens (tertiary/aromatic N) is 4. The van der Waals surface area contributed by atoms with E-state index in [4.69, 9.17) is 19.9 Å². The van der Waals surface area contributed by atoms with E-state index < -0.39 is 0 Å². The number of aromatic nitrogens is 4. The summed E-state index contributed by atoms with van der Waals surface area (Å²) in [7, 11) is 0. The third kappa shape index (κ3) is 4.99. The van der Waals surface area contributed by atoms with E-state index in [2.05, 4.69) is 85.0 Å². The van der Waals surface area contributed by atoms with Gasteiger partial charge in [0, 0.05) is 0 Å². The van der Waals surface area contributed by atoms with Crippen molar-refractivity contribution in [2.75, 3.05) is 0 Å². The van der Waals surface area contributed by atoms with Gasteiger partial charge in [0.1, 0.15) is 0 Å². The average molecular weight is 602 g/mol. The molecule has 0 radical (unpaired) electrons. The maximum Gasteiger partial charge on any atom is 2.00 e. The topological polar surface area (TPSA) is 54.0 Å². The van der Waals surface area contributed by atoms with E-state index in [0.717, 1.165) is 78.2 Å². The first-order valence-electron chi connectivity index (χ1n) is 14.0. The number of fused-ring (bicyclic) bond motifs is 8. The molecule has 2 aliphatic rings. The summed E-state index contributed by atoms with van der Waals surface area (Å²) in [5.41, 5.74) is 13.1. The summed E-state index contributed by atoms with van der Waals surface area (Å²) in [6.07, 6.45) is 8.29. The van der Waals surface area contributed by atoms with Gasteiger partial charge in [-0.1, -0.05) is 121 Å². The Hall–Kier alpha value is -5.12. The first-order chi connectivity index (χ1) is 20.8. The predicted octanol–water partition coefficient (Wildman–Crippen LogP) is 8.91. The molecule has 8 bridgehead atoms. The molecule has 4 nitrogen and oxygen atoms in total. The molecule has 0 fully saturated rings. The van der Waals surface area contributed by atoms with Crippen LogP contribution in [-0.4, -0.2) is 9.97 Å². The van der Waals surface area contributed by atoms with Crippen LogP contribution in [0.4, 0.5) is 0 Å². The fraction of sp³-hybridized carbons (Fsp3) is 0. The molecule has 0 atom stereocenters. The predicted molar refractivity (Wildman–Crippen MR) is 173 cm³/mol. The molecule has 0 spiro atoms. The number of benzene rings is 3. The van der Waals surface area contributed by atoms with Gasteiger partial charge in [-0.3, -0.25) is 0 Å². The maximum absolute atomic E-state index is 5.23. The largest absolute Gasteiger partial charge is 2.00 e. The minimum atomic E-state index is 0. The minimum absolute atomic E-state index is 0. The molecule has 0 aliphatic carbocycles. The second kappa shape index (κ2) is 11.3. The van der Waals surface area contributed by atoms with Gasteiger partial charge in [0.25, 0.3) is 0 Å². The van der Waals surface area contributed by atoms with E-state index in [0.29, 0.717) is 0 Å². The Bertz CT molecular complexity index is 2140. The van der Waals surface area contributed by atoms with Crippen LogP contribution in [0.25, 0.3) is 79.8 Å². The molecule has 0 unspecified atom stereocenters. The van der Waals surface area contributed by atoms with Gasteiger partial charge in [-0.25, -0.2) is 9.97 Å². The van der Waals surface area contributed by atoms with Crippen molar-refractivity contribution in [3.8, 4) is 33.4 Å². The van der Waals surface area contributed by atoms with E-state index >= 15 is 0 Å². The van der Waals surface area contributed by atoms with Crippen LogP contribution in [-0.2, 0) is 19.5 Å². The normalized spacial score (nSPS) is 11.8. The van der Waals surface area contributed by atoms with Crippen LogP contribution in [0.2, 0.25) is 0 Å². The van der Waals surface area contributed by atoms with Crippen molar-refractivity contribution >= 4 is 46.4 Å². The smallest absolute Gasteiger partial charge is 0.657 e. The van der Waals surface area contributed by atoms with Gasteiger partial charge in [0.05, 0.1) is 22.8 Å². The Morgan fingerprint density at radius 1 is 0.395 bits per heavy atom. The molecule has 0 amide bonds. The summed E-state index contributed by atoms with van der Waals surface area (Å²) in [5, 5.41) is 0. The van der Waals surface area contributed by atoms with Crippen molar-refractivity contribution in [1.82, 2.24) is 19.9 Å². The number of hydrogen-bond acceptors (Lipinski definition) is 2. The molecule has 43 heavy (non-hydrogen) atoms. The molecule has 5 heterocycles. The van der Waals surface area contributed by atoms with Crippen LogP contribution in [0, 0.1) is 0 Å². The van der Waals surface area contributed by atoms with Crippen molar-refractivity contribution in [2.45, 2.75) is 0 Å². The zero-order valence-electron chi connectivity index (χ0n) is 23.4. The van der Waals surface area contributed by atoms with Crippen LogP contribution in [0.3, 0.4) is 0 Å². The van der Waals surface area contributed by atoms with E-state index in [9.17, 15) is 0 Å².